The number of rotatable bonds is 3. The van der Waals surface area contributed by atoms with Crippen LogP contribution in [-0.4, -0.2) is 21.3 Å². The van der Waals surface area contributed by atoms with Gasteiger partial charge >= 0.3 is 5.97 Å². The molecule has 2 aromatic carbocycles. The molecule has 2 aromatic rings. The highest BCUT2D eigenvalue weighted by molar-refractivity contribution is 5.70. The van der Waals surface area contributed by atoms with E-state index in [0.717, 1.165) is 22.3 Å². The average Bonchev–Trinajstić information content (AvgIpc) is 2.66. The van der Waals surface area contributed by atoms with Crippen LogP contribution in [-0.2, 0) is 21.0 Å². The van der Waals surface area contributed by atoms with Gasteiger partial charge in [-0.2, -0.15) is 0 Å². The molecule has 1 fully saturated rings. The van der Waals surface area contributed by atoms with E-state index in [2.05, 4.69) is 53.7 Å². The molecule has 0 spiro atoms. The second kappa shape index (κ2) is 7.89. The van der Waals surface area contributed by atoms with Crippen LogP contribution in [0.15, 0.2) is 36.4 Å². The SMILES string of the molecule is CC(C)(C)c1cc(C2(c3ccc(O)c(C(C)(C)C)c3)CCC(C(=O)O)CC2)ccc1O. The average molecular weight is 425 g/mol. The van der Waals surface area contributed by atoms with Gasteiger partial charge in [-0.1, -0.05) is 65.8 Å². The Bertz CT molecular complexity index is 902. The van der Waals surface area contributed by atoms with E-state index in [4.69, 9.17) is 0 Å². The Morgan fingerprint density at radius 3 is 1.52 bits per heavy atom. The Labute approximate surface area is 186 Å². The first-order chi connectivity index (χ1) is 14.3. The van der Waals surface area contributed by atoms with Gasteiger partial charge in [-0.3, -0.25) is 4.79 Å². The lowest BCUT2D eigenvalue weighted by atomic mass is 9.62. The molecule has 168 valence electrons. The van der Waals surface area contributed by atoms with Crippen molar-refractivity contribution in [2.75, 3.05) is 0 Å². The van der Waals surface area contributed by atoms with Crippen LogP contribution >= 0.6 is 0 Å². The summed E-state index contributed by atoms with van der Waals surface area (Å²) in [6.45, 7) is 12.5. The highest BCUT2D eigenvalue weighted by atomic mass is 16.4. The number of phenolic OH excluding ortho intramolecular Hbond substituents is 2. The van der Waals surface area contributed by atoms with Crippen molar-refractivity contribution in [2.24, 2.45) is 5.92 Å². The molecule has 1 aliphatic carbocycles. The van der Waals surface area contributed by atoms with Gasteiger partial charge in [0.25, 0.3) is 0 Å². The number of aliphatic carboxylic acids is 1. The molecule has 0 bridgehead atoms. The van der Waals surface area contributed by atoms with Crippen molar-refractivity contribution in [3.63, 3.8) is 0 Å². The van der Waals surface area contributed by atoms with E-state index in [9.17, 15) is 20.1 Å². The first kappa shape index (κ1) is 23.2. The third kappa shape index (κ3) is 4.44. The fourth-order valence-electron chi connectivity index (χ4n) is 4.97. The minimum Gasteiger partial charge on any atom is -0.508 e. The molecular formula is C27H36O4. The Hall–Kier alpha value is -2.49. The maximum absolute atomic E-state index is 11.6. The summed E-state index contributed by atoms with van der Waals surface area (Å²) in [5.74, 6) is -0.485. The summed E-state index contributed by atoms with van der Waals surface area (Å²) >= 11 is 0. The van der Waals surface area contributed by atoms with Gasteiger partial charge in [-0.05, 0) is 70.9 Å². The third-order valence-electron chi connectivity index (χ3n) is 6.90. The Balaban J connectivity index is 2.21. The topological polar surface area (TPSA) is 77.8 Å². The maximum Gasteiger partial charge on any atom is 0.306 e. The summed E-state index contributed by atoms with van der Waals surface area (Å²) in [6.07, 6.45) is 2.64. The van der Waals surface area contributed by atoms with E-state index in [0.29, 0.717) is 25.7 Å². The van der Waals surface area contributed by atoms with Crippen molar-refractivity contribution in [1.29, 1.82) is 0 Å². The van der Waals surface area contributed by atoms with E-state index >= 15 is 0 Å². The lowest BCUT2D eigenvalue weighted by molar-refractivity contribution is -0.143. The second-order valence-electron chi connectivity index (χ2n) is 11.2. The lowest BCUT2D eigenvalue weighted by Crippen LogP contribution is -2.35. The highest BCUT2D eigenvalue weighted by Gasteiger charge is 2.41. The van der Waals surface area contributed by atoms with Gasteiger partial charge in [0.2, 0.25) is 0 Å². The van der Waals surface area contributed by atoms with E-state index in [-0.39, 0.29) is 33.7 Å². The minimum atomic E-state index is -0.726. The molecule has 31 heavy (non-hydrogen) atoms. The molecule has 0 radical (unpaired) electrons. The third-order valence-corrected chi connectivity index (χ3v) is 6.90. The first-order valence-corrected chi connectivity index (χ1v) is 11.2. The number of phenols is 2. The van der Waals surface area contributed by atoms with E-state index in [1.54, 1.807) is 12.1 Å². The molecule has 0 unspecified atom stereocenters. The molecule has 0 aliphatic heterocycles. The van der Waals surface area contributed by atoms with Crippen molar-refractivity contribution < 1.29 is 20.1 Å². The van der Waals surface area contributed by atoms with Crippen LogP contribution in [0.4, 0.5) is 0 Å². The number of carboxylic acids is 1. The molecular weight excluding hydrogens is 388 g/mol. The van der Waals surface area contributed by atoms with E-state index in [1.165, 1.54) is 0 Å². The van der Waals surface area contributed by atoms with Crippen LogP contribution in [0.25, 0.3) is 0 Å². The molecule has 3 rings (SSSR count). The first-order valence-electron chi connectivity index (χ1n) is 11.2. The molecule has 3 N–H and O–H groups in total. The van der Waals surface area contributed by atoms with E-state index in [1.807, 2.05) is 12.1 Å². The van der Waals surface area contributed by atoms with Gasteiger partial charge in [0.15, 0.2) is 0 Å². The Morgan fingerprint density at radius 2 is 1.19 bits per heavy atom. The van der Waals surface area contributed by atoms with Crippen LogP contribution in [0.1, 0.15) is 89.5 Å². The summed E-state index contributed by atoms with van der Waals surface area (Å²) in [6, 6.07) is 11.7. The van der Waals surface area contributed by atoms with E-state index < -0.39 is 5.97 Å². The standard InChI is InChI=1S/C27H36O4/c1-25(2,3)20-15-18(7-9-22(20)28)27(13-11-17(12-14-27)24(30)31)19-8-10-23(29)21(16-19)26(4,5)6/h7-10,15-17,28-29H,11-14H2,1-6H3,(H,30,31). The number of carbonyl (C=O) groups is 1. The zero-order valence-corrected chi connectivity index (χ0v) is 19.6. The monoisotopic (exact) mass is 424 g/mol. The molecule has 1 saturated carbocycles. The fraction of sp³-hybridized carbons (Fsp3) is 0.519. The number of hydrogen-bond donors (Lipinski definition) is 3. The summed E-state index contributed by atoms with van der Waals surface area (Å²) in [5, 5.41) is 30.6. The smallest absolute Gasteiger partial charge is 0.306 e. The zero-order valence-electron chi connectivity index (χ0n) is 19.6. The number of benzene rings is 2. The number of hydrogen-bond acceptors (Lipinski definition) is 3. The summed E-state index contributed by atoms with van der Waals surface area (Å²) < 4.78 is 0. The van der Waals surface area contributed by atoms with Crippen LogP contribution in [0.2, 0.25) is 0 Å². The quantitative estimate of drug-likeness (QED) is 0.544. The fourth-order valence-corrected chi connectivity index (χ4v) is 4.97. The molecule has 0 atom stereocenters. The van der Waals surface area contributed by atoms with Gasteiger partial charge in [-0.15, -0.1) is 0 Å². The van der Waals surface area contributed by atoms with Crippen molar-refractivity contribution in [3.8, 4) is 11.5 Å². The Kier molecular flexibility index (Phi) is 5.90. The predicted molar refractivity (Wildman–Crippen MR) is 124 cm³/mol. The molecule has 0 amide bonds. The molecule has 4 heteroatoms. The summed E-state index contributed by atoms with van der Waals surface area (Å²) in [4.78, 5) is 11.6. The molecule has 0 heterocycles. The van der Waals surface area contributed by atoms with Crippen molar-refractivity contribution >= 4 is 5.97 Å². The largest absolute Gasteiger partial charge is 0.508 e. The van der Waals surface area contributed by atoms with Crippen LogP contribution in [0.5, 0.6) is 11.5 Å². The molecule has 1 aliphatic rings. The summed E-state index contributed by atoms with van der Waals surface area (Å²) in [7, 11) is 0. The van der Waals surface area contributed by atoms with Gasteiger partial charge < -0.3 is 15.3 Å². The summed E-state index contributed by atoms with van der Waals surface area (Å²) in [5.41, 5.74) is 3.19. The molecule has 0 saturated heterocycles. The van der Waals surface area contributed by atoms with Gasteiger partial charge in [-0.25, -0.2) is 0 Å². The van der Waals surface area contributed by atoms with Crippen molar-refractivity contribution in [2.45, 2.75) is 83.5 Å². The van der Waals surface area contributed by atoms with Crippen LogP contribution in [0.3, 0.4) is 0 Å². The van der Waals surface area contributed by atoms with Gasteiger partial charge in [0.05, 0.1) is 5.92 Å². The highest BCUT2D eigenvalue weighted by Crippen LogP contribution is 2.49. The van der Waals surface area contributed by atoms with Crippen molar-refractivity contribution in [1.82, 2.24) is 0 Å². The van der Waals surface area contributed by atoms with Gasteiger partial charge in [0, 0.05) is 5.41 Å². The van der Waals surface area contributed by atoms with Gasteiger partial charge in [0.1, 0.15) is 11.5 Å². The molecule has 0 aromatic heterocycles. The Morgan fingerprint density at radius 1 is 0.806 bits per heavy atom. The minimum absolute atomic E-state index is 0.217. The second-order valence-corrected chi connectivity index (χ2v) is 11.2. The van der Waals surface area contributed by atoms with Crippen LogP contribution in [0, 0.1) is 5.92 Å². The zero-order chi connectivity index (χ0) is 23.2. The predicted octanol–water partition coefficient (Wildman–Crippen LogP) is 6.25. The lowest BCUT2D eigenvalue weighted by Gasteiger charge is -2.41. The number of carboxylic acid groups (broad SMARTS) is 1. The normalized spacial score (nSPS) is 17.5. The number of aromatic hydroxyl groups is 2. The molecule has 4 nitrogen and oxygen atoms in total. The maximum atomic E-state index is 11.6. The van der Waals surface area contributed by atoms with Crippen LogP contribution < -0.4 is 0 Å². The van der Waals surface area contributed by atoms with Crippen molar-refractivity contribution in [3.05, 3.63) is 58.7 Å².